The molecule has 2 aromatic rings. The summed E-state index contributed by atoms with van der Waals surface area (Å²) >= 11 is 5.92. The molecule has 0 aliphatic heterocycles. The van der Waals surface area contributed by atoms with Crippen molar-refractivity contribution in [3.63, 3.8) is 0 Å². The van der Waals surface area contributed by atoms with E-state index in [0.29, 0.717) is 22.1 Å². The van der Waals surface area contributed by atoms with Crippen LogP contribution in [0.15, 0.2) is 42.6 Å². The van der Waals surface area contributed by atoms with Gasteiger partial charge in [0.05, 0.1) is 5.69 Å². The van der Waals surface area contributed by atoms with Gasteiger partial charge in [-0.3, -0.25) is 4.79 Å². The van der Waals surface area contributed by atoms with E-state index in [1.807, 2.05) is 18.2 Å². The minimum absolute atomic E-state index is 0.0138. The van der Waals surface area contributed by atoms with E-state index in [4.69, 9.17) is 21.5 Å². The number of carbonyl (C=O) groups is 2. The molecule has 0 saturated heterocycles. The molecule has 9 heteroatoms. The first kappa shape index (κ1) is 19.4. The van der Waals surface area contributed by atoms with Crippen LogP contribution >= 0.6 is 11.6 Å². The Morgan fingerprint density at radius 1 is 1.21 bits per heavy atom. The Balaban J connectivity index is 0.000000351. The van der Waals surface area contributed by atoms with Crippen molar-refractivity contribution in [2.45, 2.75) is 13.1 Å². The van der Waals surface area contributed by atoms with Crippen LogP contribution in [0.5, 0.6) is 0 Å². The molecule has 2 rings (SSSR count). The first-order chi connectivity index (χ1) is 11.1. The number of carbonyl (C=O) groups excluding carboxylic acids is 1. The third-order valence-electron chi connectivity index (χ3n) is 2.53. The number of aromatic nitrogens is 1. The van der Waals surface area contributed by atoms with E-state index in [2.05, 4.69) is 10.3 Å². The fourth-order valence-electron chi connectivity index (χ4n) is 1.50. The van der Waals surface area contributed by atoms with E-state index in [1.165, 1.54) is 6.92 Å². The fourth-order valence-corrected chi connectivity index (χ4v) is 1.67. The SMILES string of the molecule is CC(=O)c1ccc(Cl)cc1Nc1ccccn1.O=C(O)C(F)(F)F. The third kappa shape index (κ3) is 6.25. The van der Waals surface area contributed by atoms with E-state index in [9.17, 15) is 18.0 Å². The number of carboxylic acids is 1. The molecule has 0 spiro atoms. The number of pyridine rings is 1. The van der Waals surface area contributed by atoms with Crippen molar-refractivity contribution in [1.29, 1.82) is 0 Å². The van der Waals surface area contributed by atoms with Gasteiger partial charge in [0.25, 0.3) is 0 Å². The van der Waals surface area contributed by atoms with Crippen molar-refractivity contribution in [2.75, 3.05) is 5.32 Å². The Morgan fingerprint density at radius 3 is 2.29 bits per heavy atom. The molecule has 0 atom stereocenters. The third-order valence-corrected chi connectivity index (χ3v) is 2.77. The topological polar surface area (TPSA) is 79.3 Å². The number of hydrogen-bond acceptors (Lipinski definition) is 4. The molecule has 0 unspecified atom stereocenters. The lowest BCUT2D eigenvalue weighted by atomic mass is 10.1. The maximum Gasteiger partial charge on any atom is 0.490 e. The summed E-state index contributed by atoms with van der Waals surface area (Å²) in [4.78, 5) is 24.5. The summed E-state index contributed by atoms with van der Waals surface area (Å²) in [6.07, 6.45) is -3.40. The van der Waals surface area contributed by atoms with Gasteiger partial charge in [-0.25, -0.2) is 9.78 Å². The second-order valence-electron chi connectivity index (χ2n) is 4.39. The van der Waals surface area contributed by atoms with E-state index in [-0.39, 0.29) is 5.78 Å². The van der Waals surface area contributed by atoms with Crippen LogP contribution in [0.3, 0.4) is 0 Å². The Labute approximate surface area is 140 Å². The lowest BCUT2D eigenvalue weighted by Gasteiger charge is -2.09. The molecule has 1 aromatic heterocycles. The smallest absolute Gasteiger partial charge is 0.475 e. The van der Waals surface area contributed by atoms with Gasteiger partial charge in [0.2, 0.25) is 0 Å². The minimum Gasteiger partial charge on any atom is -0.475 e. The van der Waals surface area contributed by atoms with Gasteiger partial charge in [0.1, 0.15) is 5.82 Å². The molecule has 0 amide bonds. The number of nitrogens with one attached hydrogen (secondary N) is 1. The van der Waals surface area contributed by atoms with Crippen LogP contribution in [0, 0.1) is 0 Å². The number of halogens is 4. The number of anilines is 2. The highest BCUT2D eigenvalue weighted by molar-refractivity contribution is 6.31. The summed E-state index contributed by atoms with van der Waals surface area (Å²) in [6, 6.07) is 10.6. The Bertz CT molecular complexity index is 722. The number of hydrogen-bond donors (Lipinski definition) is 2. The van der Waals surface area contributed by atoms with Crippen LogP contribution in [0.1, 0.15) is 17.3 Å². The quantitative estimate of drug-likeness (QED) is 0.797. The van der Waals surface area contributed by atoms with Crippen LogP contribution in [0.2, 0.25) is 5.02 Å². The molecular formula is C15H12ClF3N2O3. The summed E-state index contributed by atoms with van der Waals surface area (Å²) < 4.78 is 31.7. The lowest BCUT2D eigenvalue weighted by Crippen LogP contribution is -2.21. The van der Waals surface area contributed by atoms with Crippen molar-refractivity contribution in [3.05, 3.63) is 53.2 Å². The van der Waals surface area contributed by atoms with Crippen LogP contribution in [-0.2, 0) is 4.79 Å². The number of benzene rings is 1. The summed E-state index contributed by atoms with van der Waals surface area (Å²) in [5.41, 5.74) is 1.27. The first-order valence-corrected chi connectivity index (χ1v) is 6.77. The predicted octanol–water partition coefficient (Wildman–Crippen LogP) is 4.31. The van der Waals surface area contributed by atoms with Gasteiger partial charge < -0.3 is 10.4 Å². The molecule has 0 radical (unpaired) electrons. The Hall–Kier alpha value is -2.61. The number of aliphatic carboxylic acids is 1. The van der Waals surface area contributed by atoms with E-state index < -0.39 is 12.1 Å². The maximum absolute atomic E-state index is 11.5. The van der Waals surface area contributed by atoms with Crippen molar-refractivity contribution in [1.82, 2.24) is 4.98 Å². The van der Waals surface area contributed by atoms with Gasteiger partial charge in [0, 0.05) is 16.8 Å². The van der Waals surface area contributed by atoms with Crippen LogP contribution < -0.4 is 5.32 Å². The van der Waals surface area contributed by atoms with E-state index in [0.717, 1.165) is 0 Å². The number of carboxylic acid groups (broad SMARTS) is 1. The Morgan fingerprint density at radius 2 is 1.83 bits per heavy atom. The van der Waals surface area contributed by atoms with Crippen molar-refractivity contribution >= 4 is 34.9 Å². The highest BCUT2D eigenvalue weighted by atomic mass is 35.5. The van der Waals surface area contributed by atoms with Crippen molar-refractivity contribution in [3.8, 4) is 0 Å². The normalized spacial score (nSPS) is 10.4. The average molecular weight is 361 g/mol. The van der Waals surface area contributed by atoms with Crippen LogP contribution in [0.25, 0.3) is 0 Å². The summed E-state index contributed by atoms with van der Waals surface area (Å²) in [5, 5.41) is 10.8. The summed E-state index contributed by atoms with van der Waals surface area (Å²) in [7, 11) is 0. The molecule has 0 bridgehead atoms. The number of rotatable bonds is 3. The van der Waals surface area contributed by atoms with Gasteiger partial charge in [-0.1, -0.05) is 17.7 Å². The zero-order valence-electron chi connectivity index (χ0n) is 12.3. The monoisotopic (exact) mass is 360 g/mol. The van der Waals surface area contributed by atoms with E-state index >= 15 is 0 Å². The predicted molar refractivity (Wildman–Crippen MR) is 82.7 cm³/mol. The fraction of sp³-hybridized carbons (Fsp3) is 0.133. The molecule has 0 aliphatic rings. The molecular weight excluding hydrogens is 349 g/mol. The standard InChI is InChI=1S/C13H11ClN2O.C2HF3O2/c1-9(17)11-6-5-10(14)8-12(11)16-13-4-2-3-7-15-13;3-2(4,5)1(6)7/h2-8H,1H3,(H,15,16);(H,6,7). The van der Waals surface area contributed by atoms with Gasteiger partial charge in [-0.05, 0) is 37.3 Å². The molecule has 5 nitrogen and oxygen atoms in total. The van der Waals surface area contributed by atoms with Gasteiger partial charge in [0.15, 0.2) is 5.78 Å². The minimum atomic E-state index is -5.08. The molecule has 0 aliphatic carbocycles. The second-order valence-corrected chi connectivity index (χ2v) is 4.83. The molecule has 0 fully saturated rings. The molecule has 128 valence electrons. The number of ketones is 1. The lowest BCUT2D eigenvalue weighted by molar-refractivity contribution is -0.192. The largest absolute Gasteiger partial charge is 0.490 e. The summed E-state index contributed by atoms with van der Waals surface area (Å²) in [5.74, 6) is -2.09. The summed E-state index contributed by atoms with van der Waals surface area (Å²) in [6.45, 7) is 1.52. The molecule has 2 N–H and O–H groups in total. The zero-order valence-corrected chi connectivity index (χ0v) is 13.0. The highest BCUT2D eigenvalue weighted by Crippen LogP contribution is 2.24. The average Bonchev–Trinajstić information content (AvgIpc) is 2.47. The van der Waals surface area contributed by atoms with Crippen molar-refractivity contribution < 1.29 is 27.9 Å². The number of nitrogens with zero attached hydrogens (tertiary/aromatic N) is 1. The van der Waals surface area contributed by atoms with Crippen LogP contribution in [-0.4, -0.2) is 28.0 Å². The second kappa shape index (κ2) is 8.30. The van der Waals surface area contributed by atoms with Crippen LogP contribution in [0.4, 0.5) is 24.7 Å². The van der Waals surface area contributed by atoms with Crippen molar-refractivity contribution in [2.24, 2.45) is 0 Å². The molecule has 24 heavy (non-hydrogen) atoms. The van der Waals surface area contributed by atoms with Gasteiger partial charge >= 0.3 is 12.1 Å². The Kier molecular flexibility index (Phi) is 6.72. The number of Topliss-reactive ketones (excluding diaryl/α,β-unsaturated/α-hetero) is 1. The highest BCUT2D eigenvalue weighted by Gasteiger charge is 2.38. The molecule has 0 saturated carbocycles. The van der Waals surface area contributed by atoms with E-state index in [1.54, 1.807) is 24.4 Å². The molecule has 1 aromatic carbocycles. The molecule has 1 heterocycles. The van der Waals surface area contributed by atoms with Gasteiger partial charge in [-0.15, -0.1) is 0 Å². The maximum atomic E-state index is 11.5. The zero-order chi connectivity index (χ0) is 18.3. The first-order valence-electron chi connectivity index (χ1n) is 6.40. The van der Waals surface area contributed by atoms with Gasteiger partial charge in [-0.2, -0.15) is 13.2 Å². The number of alkyl halides is 3.